The molecule has 0 spiro atoms. The van der Waals surface area contributed by atoms with E-state index in [1.165, 1.54) is 11.3 Å². The number of aromatic nitrogens is 2. The van der Waals surface area contributed by atoms with Crippen molar-refractivity contribution in [3.8, 4) is 5.75 Å². The average Bonchev–Trinajstić information content (AvgIpc) is 2.85. The topological polar surface area (TPSA) is 64.1 Å². The number of hydrogen-bond donors (Lipinski definition) is 1. The smallest absolute Gasteiger partial charge is 0.278 e. The Bertz CT molecular complexity index is 643. The summed E-state index contributed by atoms with van der Waals surface area (Å²) in [5.41, 5.74) is 0.968. The lowest BCUT2D eigenvalue weighted by molar-refractivity contribution is -0.115. The molecule has 0 atom stereocenters. The lowest BCUT2D eigenvalue weighted by atomic mass is 10.1. The third kappa shape index (κ3) is 4.44. The number of nitrogens with one attached hydrogen (secondary N) is 1. The van der Waals surface area contributed by atoms with Gasteiger partial charge in [0.25, 0.3) is 9.70 Å². The Morgan fingerprint density at radius 3 is 2.71 bits per heavy atom. The van der Waals surface area contributed by atoms with Crippen molar-refractivity contribution in [2.45, 2.75) is 10.2 Å². The molecule has 0 aliphatic rings. The zero-order valence-corrected chi connectivity index (χ0v) is 13.9. The van der Waals surface area contributed by atoms with Gasteiger partial charge in [-0.3, -0.25) is 10.1 Å². The van der Waals surface area contributed by atoms with Crippen LogP contribution in [0.1, 0.15) is 10.6 Å². The fourth-order valence-corrected chi connectivity index (χ4v) is 2.46. The quantitative estimate of drug-likeness (QED) is 0.842. The highest BCUT2D eigenvalue weighted by Gasteiger charge is 2.31. The van der Waals surface area contributed by atoms with Gasteiger partial charge in [-0.2, -0.15) is 0 Å². The lowest BCUT2D eigenvalue weighted by Crippen LogP contribution is -2.26. The van der Waals surface area contributed by atoms with Gasteiger partial charge < -0.3 is 4.74 Å². The molecule has 0 saturated heterocycles. The van der Waals surface area contributed by atoms with Crippen LogP contribution < -0.4 is 10.1 Å². The molecule has 2 rings (SSSR count). The predicted molar refractivity (Wildman–Crippen MR) is 84.6 cm³/mol. The molecule has 1 aromatic carbocycles. The average molecular weight is 367 g/mol. The Kier molecular flexibility index (Phi) is 5.27. The van der Waals surface area contributed by atoms with E-state index in [1.807, 2.05) is 24.3 Å². The summed E-state index contributed by atoms with van der Waals surface area (Å²) >= 11 is 17.6. The van der Waals surface area contributed by atoms with Gasteiger partial charge in [0.1, 0.15) is 10.8 Å². The molecule has 0 unspecified atom stereocenters. The van der Waals surface area contributed by atoms with E-state index in [9.17, 15) is 4.79 Å². The van der Waals surface area contributed by atoms with Crippen molar-refractivity contribution in [2.75, 3.05) is 12.4 Å². The first kappa shape index (κ1) is 16.3. The number of methoxy groups -OCH3 is 1. The molecule has 0 fully saturated rings. The van der Waals surface area contributed by atoms with Crippen LogP contribution in [-0.4, -0.2) is 27.0 Å². The summed E-state index contributed by atoms with van der Waals surface area (Å²) in [6.45, 7) is 0. The zero-order chi connectivity index (χ0) is 15.5. The molecule has 1 N–H and O–H groups in total. The maximum atomic E-state index is 11.5. The van der Waals surface area contributed by atoms with E-state index in [0.29, 0.717) is 11.4 Å². The molecular formula is C12H10Cl3N3O2S. The maximum absolute atomic E-state index is 11.5. The first-order valence-electron chi connectivity index (χ1n) is 5.72. The van der Waals surface area contributed by atoms with Gasteiger partial charge in [0.15, 0.2) is 0 Å². The van der Waals surface area contributed by atoms with Gasteiger partial charge >= 0.3 is 0 Å². The van der Waals surface area contributed by atoms with Crippen LogP contribution in [0.3, 0.4) is 0 Å². The number of para-hydroxylation sites is 1. The SMILES string of the molecule is COc1ccccc1Cc1nnc(NC(=O)C(Cl)(Cl)Cl)s1. The van der Waals surface area contributed by atoms with Crippen molar-refractivity contribution >= 4 is 57.2 Å². The van der Waals surface area contributed by atoms with E-state index in [4.69, 9.17) is 39.5 Å². The van der Waals surface area contributed by atoms with Gasteiger partial charge in [-0.05, 0) is 6.07 Å². The molecule has 0 saturated carbocycles. The molecule has 21 heavy (non-hydrogen) atoms. The third-order valence-corrected chi connectivity index (χ3v) is 3.83. The van der Waals surface area contributed by atoms with Gasteiger partial charge in [0, 0.05) is 12.0 Å². The minimum atomic E-state index is -2.03. The van der Waals surface area contributed by atoms with Crippen LogP contribution in [0, 0.1) is 0 Å². The number of benzene rings is 1. The highest BCUT2D eigenvalue weighted by atomic mass is 35.6. The van der Waals surface area contributed by atoms with Crippen LogP contribution in [0.4, 0.5) is 5.13 Å². The van der Waals surface area contributed by atoms with Crippen LogP contribution in [0.5, 0.6) is 5.75 Å². The molecule has 1 aromatic heterocycles. The number of amides is 1. The van der Waals surface area contributed by atoms with Crippen LogP contribution in [0.15, 0.2) is 24.3 Å². The summed E-state index contributed by atoms with van der Waals surface area (Å²) in [5, 5.41) is 11.2. The van der Waals surface area contributed by atoms with Crippen molar-refractivity contribution in [1.82, 2.24) is 10.2 Å². The Morgan fingerprint density at radius 1 is 1.33 bits per heavy atom. The maximum Gasteiger partial charge on any atom is 0.278 e. The van der Waals surface area contributed by atoms with Gasteiger partial charge in [0.05, 0.1) is 7.11 Å². The van der Waals surface area contributed by atoms with Crippen molar-refractivity contribution in [3.63, 3.8) is 0 Å². The molecule has 112 valence electrons. The number of alkyl halides is 3. The normalized spacial score (nSPS) is 11.2. The second kappa shape index (κ2) is 6.79. The summed E-state index contributed by atoms with van der Waals surface area (Å²) < 4.78 is 3.23. The number of rotatable bonds is 4. The number of carbonyl (C=O) groups is 1. The molecule has 2 aromatic rings. The fraction of sp³-hybridized carbons (Fsp3) is 0.250. The summed E-state index contributed by atoms with van der Waals surface area (Å²) in [5.74, 6) is -0.00734. The molecule has 1 heterocycles. The molecule has 0 aliphatic heterocycles. The van der Waals surface area contributed by atoms with Crippen LogP contribution in [0.2, 0.25) is 0 Å². The number of ether oxygens (including phenoxy) is 1. The van der Waals surface area contributed by atoms with Gasteiger partial charge in [-0.15, -0.1) is 10.2 Å². The van der Waals surface area contributed by atoms with Crippen molar-refractivity contribution in [2.24, 2.45) is 0 Å². The molecule has 0 radical (unpaired) electrons. The first-order chi connectivity index (χ1) is 9.90. The molecular weight excluding hydrogens is 357 g/mol. The molecule has 0 bridgehead atoms. The summed E-state index contributed by atoms with van der Waals surface area (Å²) in [6, 6.07) is 7.58. The Balaban J connectivity index is 2.08. The van der Waals surface area contributed by atoms with Crippen LogP contribution >= 0.6 is 46.1 Å². The van der Waals surface area contributed by atoms with E-state index in [2.05, 4.69) is 15.5 Å². The monoisotopic (exact) mass is 365 g/mol. The Labute approximate surface area is 140 Å². The number of carbonyl (C=O) groups excluding carboxylic acids is 1. The third-order valence-electron chi connectivity index (χ3n) is 2.48. The summed E-state index contributed by atoms with van der Waals surface area (Å²) in [6.07, 6.45) is 0.533. The second-order valence-corrected chi connectivity index (χ2v) is 7.28. The molecule has 0 aliphatic carbocycles. The second-order valence-electron chi connectivity index (χ2n) is 3.94. The fourth-order valence-electron chi connectivity index (χ4n) is 1.56. The van der Waals surface area contributed by atoms with Crippen molar-refractivity contribution in [3.05, 3.63) is 34.8 Å². The molecule has 5 nitrogen and oxygen atoms in total. The zero-order valence-electron chi connectivity index (χ0n) is 10.8. The van der Waals surface area contributed by atoms with E-state index in [1.54, 1.807) is 7.11 Å². The van der Waals surface area contributed by atoms with E-state index in [-0.39, 0.29) is 5.13 Å². The van der Waals surface area contributed by atoms with E-state index in [0.717, 1.165) is 11.3 Å². The number of halogens is 3. The molecule has 1 amide bonds. The summed E-state index contributed by atoms with van der Waals surface area (Å²) in [4.78, 5) is 11.5. The Hall–Kier alpha value is -1.08. The summed E-state index contributed by atoms with van der Waals surface area (Å²) in [7, 11) is 1.60. The van der Waals surface area contributed by atoms with Gasteiger partial charge in [-0.1, -0.05) is 64.3 Å². The van der Waals surface area contributed by atoms with Crippen LogP contribution in [-0.2, 0) is 11.2 Å². The largest absolute Gasteiger partial charge is 0.496 e. The van der Waals surface area contributed by atoms with Crippen molar-refractivity contribution in [1.29, 1.82) is 0 Å². The molecule has 9 heteroatoms. The van der Waals surface area contributed by atoms with E-state index >= 15 is 0 Å². The van der Waals surface area contributed by atoms with Gasteiger partial charge in [0.2, 0.25) is 5.13 Å². The predicted octanol–water partition coefficient (Wildman–Crippen LogP) is 3.45. The first-order valence-corrected chi connectivity index (χ1v) is 7.67. The van der Waals surface area contributed by atoms with E-state index < -0.39 is 9.70 Å². The Morgan fingerprint density at radius 2 is 2.05 bits per heavy atom. The minimum Gasteiger partial charge on any atom is -0.496 e. The number of anilines is 1. The minimum absolute atomic E-state index is 0.274. The lowest BCUT2D eigenvalue weighted by Gasteiger charge is -2.08. The highest BCUT2D eigenvalue weighted by Crippen LogP contribution is 2.29. The standard InChI is InChI=1S/C12H10Cl3N3O2S/c1-20-8-5-3-2-4-7(8)6-9-17-18-11(21-9)16-10(19)12(13,14)15/h2-5H,6H2,1H3,(H,16,18,19). The van der Waals surface area contributed by atoms with Crippen molar-refractivity contribution < 1.29 is 9.53 Å². The highest BCUT2D eigenvalue weighted by molar-refractivity contribution is 7.15. The van der Waals surface area contributed by atoms with Crippen LogP contribution in [0.25, 0.3) is 0 Å². The van der Waals surface area contributed by atoms with Gasteiger partial charge in [-0.25, -0.2) is 0 Å². The number of nitrogens with zero attached hydrogens (tertiary/aromatic N) is 2. The number of hydrogen-bond acceptors (Lipinski definition) is 5.